The monoisotopic (exact) mass is 318 g/mol. The normalized spacial score (nSPS) is 11.3. The van der Waals surface area contributed by atoms with E-state index >= 15 is 0 Å². The Morgan fingerprint density at radius 2 is 1.90 bits per heavy atom. The van der Waals surface area contributed by atoms with Gasteiger partial charge in [0.05, 0.1) is 21.8 Å². The summed E-state index contributed by atoms with van der Waals surface area (Å²) in [5, 5.41) is 2.07. The zero-order chi connectivity index (χ0) is 15.6. The fraction of sp³-hybridized carbons (Fsp3) is 0.0769. The molecule has 0 aliphatic heterocycles. The standard InChI is InChI=1S/C13H7ClF4N2O/c14-9-5-8(13(16,17)18)2-3-10(9)20-12(21)7-1-4-11(15)19-6-7/h1-6H,(H,20,21). The van der Waals surface area contributed by atoms with Crippen molar-refractivity contribution in [1.82, 2.24) is 4.98 Å². The van der Waals surface area contributed by atoms with E-state index in [9.17, 15) is 22.4 Å². The molecule has 1 aromatic heterocycles. The van der Waals surface area contributed by atoms with Crippen LogP contribution in [0.3, 0.4) is 0 Å². The molecule has 110 valence electrons. The number of aromatic nitrogens is 1. The number of carbonyl (C=O) groups excluding carboxylic acids is 1. The zero-order valence-corrected chi connectivity index (χ0v) is 11.0. The van der Waals surface area contributed by atoms with Crippen LogP contribution in [0.25, 0.3) is 0 Å². The van der Waals surface area contributed by atoms with E-state index in [1.165, 1.54) is 6.07 Å². The number of hydrogen-bond acceptors (Lipinski definition) is 2. The molecule has 1 N–H and O–H groups in total. The molecule has 2 aromatic rings. The summed E-state index contributed by atoms with van der Waals surface area (Å²) in [7, 11) is 0. The van der Waals surface area contributed by atoms with Crippen LogP contribution in [0.15, 0.2) is 36.5 Å². The van der Waals surface area contributed by atoms with Crippen LogP contribution in [0, 0.1) is 5.95 Å². The first-order valence-electron chi connectivity index (χ1n) is 5.57. The minimum Gasteiger partial charge on any atom is -0.321 e. The molecule has 8 heteroatoms. The Hall–Kier alpha value is -2.15. The van der Waals surface area contributed by atoms with Gasteiger partial charge in [-0.15, -0.1) is 0 Å². The molecule has 1 aromatic carbocycles. The molecule has 1 amide bonds. The van der Waals surface area contributed by atoms with E-state index in [1.54, 1.807) is 0 Å². The predicted octanol–water partition coefficient (Wildman–Crippen LogP) is 4.15. The summed E-state index contributed by atoms with van der Waals surface area (Å²) < 4.78 is 50.1. The van der Waals surface area contributed by atoms with Crippen LogP contribution >= 0.6 is 11.6 Å². The maximum Gasteiger partial charge on any atom is 0.416 e. The summed E-state index contributed by atoms with van der Waals surface area (Å²) in [5.74, 6) is -1.41. The third-order valence-electron chi connectivity index (χ3n) is 2.53. The van der Waals surface area contributed by atoms with Crippen LogP contribution in [0.5, 0.6) is 0 Å². The molecule has 21 heavy (non-hydrogen) atoms. The van der Waals surface area contributed by atoms with Crippen molar-refractivity contribution < 1.29 is 22.4 Å². The lowest BCUT2D eigenvalue weighted by molar-refractivity contribution is -0.137. The lowest BCUT2D eigenvalue weighted by atomic mass is 10.2. The highest BCUT2D eigenvalue weighted by Gasteiger charge is 2.31. The lowest BCUT2D eigenvalue weighted by Gasteiger charge is -2.11. The molecule has 2 rings (SSSR count). The average molecular weight is 319 g/mol. The smallest absolute Gasteiger partial charge is 0.321 e. The van der Waals surface area contributed by atoms with Gasteiger partial charge in [-0.3, -0.25) is 4.79 Å². The third kappa shape index (κ3) is 3.69. The predicted molar refractivity (Wildman–Crippen MR) is 68.6 cm³/mol. The molecule has 0 saturated carbocycles. The van der Waals surface area contributed by atoms with Crippen molar-refractivity contribution in [1.29, 1.82) is 0 Å². The summed E-state index contributed by atoms with van der Waals surface area (Å²) in [6.07, 6.45) is -3.52. The fourth-order valence-corrected chi connectivity index (χ4v) is 1.73. The maximum absolute atomic E-state index is 12.6. The van der Waals surface area contributed by atoms with E-state index in [-0.39, 0.29) is 16.3 Å². The molecule has 0 aliphatic carbocycles. The second-order valence-electron chi connectivity index (χ2n) is 4.02. The summed E-state index contributed by atoms with van der Waals surface area (Å²) in [4.78, 5) is 15.1. The van der Waals surface area contributed by atoms with Crippen molar-refractivity contribution in [3.8, 4) is 0 Å². The van der Waals surface area contributed by atoms with Gasteiger partial charge in [0.2, 0.25) is 5.95 Å². The largest absolute Gasteiger partial charge is 0.416 e. The highest BCUT2D eigenvalue weighted by molar-refractivity contribution is 6.34. The number of halogens is 5. The van der Waals surface area contributed by atoms with Crippen LogP contribution < -0.4 is 5.32 Å². The highest BCUT2D eigenvalue weighted by Crippen LogP contribution is 2.33. The van der Waals surface area contributed by atoms with Crippen molar-refractivity contribution in [2.24, 2.45) is 0 Å². The van der Waals surface area contributed by atoms with Gasteiger partial charge in [0, 0.05) is 6.20 Å². The van der Waals surface area contributed by atoms with Gasteiger partial charge < -0.3 is 5.32 Å². The van der Waals surface area contributed by atoms with Crippen LogP contribution in [-0.2, 0) is 6.18 Å². The van der Waals surface area contributed by atoms with Gasteiger partial charge in [-0.05, 0) is 30.3 Å². The van der Waals surface area contributed by atoms with Gasteiger partial charge in [0.25, 0.3) is 5.91 Å². The van der Waals surface area contributed by atoms with Crippen LogP contribution in [0.1, 0.15) is 15.9 Å². The van der Waals surface area contributed by atoms with Crippen LogP contribution in [0.4, 0.5) is 23.2 Å². The Kier molecular flexibility index (Phi) is 4.13. The highest BCUT2D eigenvalue weighted by atomic mass is 35.5. The molecule has 3 nitrogen and oxygen atoms in total. The maximum atomic E-state index is 12.6. The third-order valence-corrected chi connectivity index (χ3v) is 2.85. The molecule has 0 unspecified atom stereocenters. The first-order valence-corrected chi connectivity index (χ1v) is 5.95. The minimum absolute atomic E-state index is 0.0130. The number of rotatable bonds is 2. The Morgan fingerprint density at radius 1 is 1.19 bits per heavy atom. The van der Waals surface area contributed by atoms with Crippen molar-refractivity contribution >= 4 is 23.2 Å². The van der Waals surface area contributed by atoms with E-state index in [0.29, 0.717) is 6.07 Å². The molecule has 1 heterocycles. The van der Waals surface area contributed by atoms with Crippen LogP contribution in [0.2, 0.25) is 5.02 Å². The van der Waals surface area contributed by atoms with Gasteiger partial charge in [0.15, 0.2) is 0 Å². The summed E-state index contributed by atoms with van der Waals surface area (Å²) in [5.41, 5.74) is -0.861. The molecule has 0 spiro atoms. The molecular formula is C13H7ClF4N2O. The first-order chi connectivity index (χ1) is 9.77. The minimum atomic E-state index is -4.52. The van der Waals surface area contributed by atoms with Crippen molar-refractivity contribution in [3.05, 3.63) is 58.6 Å². The second kappa shape index (κ2) is 5.69. The van der Waals surface area contributed by atoms with Crippen molar-refractivity contribution in [2.45, 2.75) is 6.18 Å². The zero-order valence-electron chi connectivity index (χ0n) is 10.2. The number of nitrogens with one attached hydrogen (secondary N) is 1. The van der Waals surface area contributed by atoms with E-state index in [1.807, 2.05) is 0 Å². The number of anilines is 1. The Morgan fingerprint density at radius 3 is 2.43 bits per heavy atom. The Bertz CT molecular complexity index is 671. The number of amides is 1. The summed E-state index contributed by atoms with van der Waals surface area (Å²) in [6.45, 7) is 0. The van der Waals surface area contributed by atoms with Gasteiger partial charge in [-0.25, -0.2) is 4.98 Å². The second-order valence-corrected chi connectivity index (χ2v) is 4.42. The molecule has 0 aliphatic rings. The van der Waals surface area contributed by atoms with E-state index in [0.717, 1.165) is 24.4 Å². The molecule has 0 atom stereocenters. The van der Waals surface area contributed by atoms with Gasteiger partial charge >= 0.3 is 6.18 Å². The van der Waals surface area contributed by atoms with Gasteiger partial charge in [-0.2, -0.15) is 17.6 Å². The van der Waals surface area contributed by atoms with Crippen molar-refractivity contribution in [3.63, 3.8) is 0 Å². The van der Waals surface area contributed by atoms with Crippen LogP contribution in [-0.4, -0.2) is 10.9 Å². The van der Waals surface area contributed by atoms with E-state index < -0.39 is 23.6 Å². The number of carbonyl (C=O) groups is 1. The molecule has 0 bridgehead atoms. The molecule has 0 radical (unpaired) electrons. The molecule has 0 fully saturated rings. The van der Waals surface area contributed by atoms with Gasteiger partial charge in [-0.1, -0.05) is 11.6 Å². The number of alkyl halides is 3. The number of nitrogens with zero attached hydrogens (tertiary/aromatic N) is 1. The Labute approximate surface area is 121 Å². The van der Waals surface area contributed by atoms with E-state index in [4.69, 9.17) is 11.6 Å². The fourth-order valence-electron chi connectivity index (χ4n) is 1.50. The summed E-state index contributed by atoms with van der Waals surface area (Å²) in [6, 6.07) is 4.73. The lowest BCUT2D eigenvalue weighted by Crippen LogP contribution is -2.13. The average Bonchev–Trinajstić information content (AvgIpc) is 2.40. The van der Waals surface area contributed by atoms with Gasteiger partial charge in [0.1, 0.15) is 0 Å². The number of hydrogen-bond donors (Lipinski definition) is 1. The Balaban J connectivity index is 2.20. The van der Waals surface area contributed by atoms with Crippen molar-refractivity contribution in [2.75, 3.05) is 5.32 Å². The topological polar surface area (TPSA) is 42.0 Å². The SMILES string of the molecule is O=C(Nc1ccc(C(F)(F)F)cc1Cl)c1ccc(F)nc1. The number of benzene rings is 1. The number of pyridine rings is 1. The molecular weight excluding hydrogens is 312 g/mol. The summed E-state index contributed by atoms with van der Waals surface area (Å²) >= 11 is 5.70. The van der Waals surface area contributed by atoms with E-state index in [2.05, 4.69) is 10.3 Å². The first kappa shape index (κ1) is 15.2. The molecule has 0 saturated heterocycles. The quantitative estimate of drug-likeness (QED) is 0.668.